The van der Waals surface area contributed by atoms with Gasteiger partial charge >= 0.3 is 0 Å². The van der Waals surface area contributed by atoms with Crippen molar-refractivity contribution in [2.45, 2.75) is 39.2 Å². The van der Waals surface area contributed by atoms with Gasteiger partial charge in [-0.1, -0.05) is 13.8 Å². The Morgan fingerprint density at radius 2 is 2.27 bits per heavy atom. The van der Waals surface area contributed by atoms with Gasteiger partial charge in [0.05, 0.1) is 0 Å². The summed E-state index contributed by atoms with van der Waals surface area (Å²) in [5.74, 6) is -0.0452. The van der Waals surface area contributed by atoms with Crippen molar-refractivity contribution in [3.05, 3.63) is 0 Å². The molecular weight excluding hydrogens is 194 g/mol. The number of carbonyl (C=O) groups excluding carboxylic acids is 1. The molecule has 0 spiro atoms. The third-order valence-electron chi connectivity index (χ3n) is 2.64. The molecule has 4 heteroatoms. The average molecular weight is 215 g/mol. The van der Waals surface area contributed by atoms with Crippen LogP contribution in [0.15, 0.2) is 0 Å². The maximum Gasteiger partial charge on any atom is 0.249 e. The van der Waals surface area contributed by atoms with Crippen LogP contribution in [0.4, 0.5) is 0 Å². The van der Waals surface area contributed by atoms with E-state index in [0.29, 0.717) is 13.2 Å². The highest BCUT2D eigenvalue weighted by Crippen LogP contribution is 2.14. The van der Waals surface area contributed by atoms with Gasteiger partial charge in [-0.15, -0.1) is 0 Å². The molecule has 1 aliphatic heterocycles. The van der Waals surface area contributed by atoms with Crippen molar-refractivity contribution in [3.63, 3.8) is 0 Å². The molecule has 1 unspecified atom stereocenters. The lowest BCUT2D eigenvalue weighted by Crippen LogP contribution is -2.43. The van der Waals surface area contributed by atoms with Crippen molar-refractivity contribution in [1.82, 2.24) is 5.32 Å². The Hall–Kier alpha value is -0.610. The first kappa shape index (κ1) is 12.5. The second-order valence-electron chi connectivity index (χ2n) is 4.90. The summed E-state index contributed by atoms with van der Waals surface area (Å²) in [5.41, 5.74) is -0.260. The Morgan fingerprint density at radius 3 is 2.80 bits per heavy atom. The smallest absolute Gasteiger partial charge is 0.249 e. The molecule has 1 heterocycles. The number of hydrogen-bond acceptors (Lipinski definition) is 3. The predicted octanol–water partition coefficient (Wildman–Crippen LogP) is 0.690. The van der Waals surface area contributed by atoms with E-state index in [2.05, 4.69) is 5.32 Å². The van der Waals surface area contributed by atoms with Crippen LogP contribution in [0.1, 0.15) is 33.1 Å². The highest BCUT2D eigenvalue weighted by Gasteiger charge is 2.24. The van der Waals surface area contributed by atoms with E-state index in [1.165, 1.54) is 0 Å². The lowest BCUT2D eigenvalue weighted by Gasteiger charge is -2.25. The quantitative estimate of drug-likeness (QED) is 0.725. The standard InChI is InChI=1S/C11H21NO3/c1-11(2,8-13)7-12-10(14)9-5-3-4-6-15-9/h9,13H,3-8H2,1-2H3,(H,12,14). The van der Waals surface area contributed by atoms with E-state index in [1.54, 1.807) is 0 Å². The van der Waals surface area contributed by atoms with Crippen LogP contribution in [0.25, 0.3) is 0 Å². The fraction of sp³-hybridized carbons (Fsp3) is 0.909. The molecule has 15 heavy (non-hydrogen) atoms. The number of rotatable bonds is 4. The molecule has 0 aromatic rings. The van der Waals surface area contributed by atoms with Crippen molar-refractivity contribution in [2.75, 3.05) is 19.8 Å². The summed E-state index contributed by atoms with van der Waals surface area (Å²) in [6, 6.07) is 0. The van der Waals surface area contributed by atoms with Crippen LogP contribution in [0, 0.1) is 5.41 Å². The molecule has 88 valence electrons. The van der Waals surface area contributed by atoms with Gasteiger partial charge in [-0.2, -0.15) is 0 Å². The van der Waals surface area contributed by atoms with Crippen molar-refractivity contribution >= 4 is 5.91 Å². The summed E-state index contributed by atoms with van der Waals surface area (Å²) in [6.07, 6.45) is 2.63. The number of ether oxygens (including phenoxy) is 1. The number of aliphatic hydroxyl groups excluding tert-OH is 1. The summed E-state index contributed by atoms with van der Waals surface area (Å²) < 4.78 is 5.36. The van der Waals surface area contributed by atoms with Crippen molar-refractivity contribution in [1.29, 1.82) is 0 Å². The molecule has 0 aliphatic carbocycles. The molecule has 1 amide bonds. The Labute approximate surface area is 91.0 Å². The third kappa shape index (κ3) is 4.18. The average Bonchev–Trinajstić information content (AvgIpc) is 2.27. The fourth-order valence-corrected chi connectivity index (χ4v) is 1.44. The van der Waals surface area contributed by atoms with Gasteiger partial charge in [-0.25, -0.2) is 0 Å². The van der Waals surface area contributed by atoms with E-state index in [0.717, 1.165) is 19.3 Å². The van der Waals surface area contributed by atoms with Crippen LogP contribution in [-0.4, -0.2) is 36.9 Å². The Bertz CT molecular complexity index is 210. The lowest BCUT2D eigenvalue weighted by atomic mass is 9.95. The molecule has 2 N–H and O–H groups in total. The second-order valence-corrected chi connectivity index (χ2v) is 4.90. The molecule has 4 nitrogen and oxygen atoms in total. The maximum absolute atomic E-state index is 11.6. The van der Waals surface area contributed by atoms with Crippen LogP contribution < -0.4 is 5.32 Å². The van der Waals surface area contributed by atoms with Gasteiger partial charge < -0.3 is 15.2 Å². The lowest BCUT2D eigenvalue weighted by molar-refractivity contribution is -0.136. The van der Waals surface area contributed by atoms with Gasteiger partial charge in [0.1, 0.15) is 6.10 Å². The van der Waals surface area contributed by atoms with Crippen LogP contribution in [-0.2, 0) is 9.53 Å². The summed E-state index contributed by atoms with van der Waals surface area (Å²) >= 11 is 0. The molecule has 1 saturated heterocycles. The van der Waals surface area contributed by atoms with Crippen molar-refractivity contribution < 1.29 is 14.6 Å². The normalized spacial score (nSPS) is 22.5. The van der Waals surface area contributed by atoms with Gasteiger partial charge in [-0.05, 0) is 19.3 Å². The minimum atomic E-state index is -0.284. The molecule has 1 aliphatic rings. The Balaban J connectivity index is 2.28. The number of aliphatic hydroxyl groups is 1. The SMILES string of the molecule is CC(C)(CO)CNC(=O)C1CCCCO1. The van der Waals surface area contributed by atoms with Gasteiger partial charge in [-0.3, -0.25) is 4.79 Å². The molecule has 0 saturated carbocycles. The minimum Gasteiger partial charge on any atom is -0.396 e. The number of hydrogen-bond donors (Lipinski definition) is 2. The summed E-state index contributed by atoms with van der Waals surface area (Å²) in [6.45, 7) is 5.06. The van der Waals surface area contributed by atoms with Gasteiger partial charge in [0, 0.05) is 25.2 Å². The first-order valence-electron chi connectivity index (χ1n) is 5.55. The zero-order chi connectivity index (χ0) is 11.3. The minimum absolute atomic E-state index is 0.0452. The van der Waals surface area contributed by atoms with Gasteiger partial charge in [0.2, 0.25) is 5.91 Å². The maximum atomic E-state index is 11.6. The zero-order valence-electron chi connectivity index (χ0n) is 9.58. The predicted molar refractivity (Wildman–Crippen MR) is 57.5 cm³/mol. The molecule has 0 radical (unpaired) electrons. The summed E-state index contributed by atoms with van der Waals surface area (Å²) in [4.78, 5) is 11.6. The first-order chi connectivity index (χ1) is 7.05. The summed E-state index contributed by atoms with van der Waals surface area (Å²) in [7, 11) is 0. The number of nitrogens with one attached hydrogen (secondary N) is 1. The van der Waals surface area contributed by atoms with Gasteiger partial charge in [0.25, 0.3) is 0 Å². The highest BCUT2D eigenvalue weighted by molar-refractivity contribution is 5.80. The van der Waals surface area contributed by atoms with Crippen LogP contribution in [0.2, 0.25) is 0 Å². The fourth-order valence-electron chi connectivity index (χ4n) is 1.44. The van der Waals surface area contributed by atoms with E-state index in [4.69, 9.17) is 9.84 Å². The highest BCUT2D eigenvalue weighted by atomic mass is 16.5. The molecule has 0 aromatic heterocycles. The van der Waals surface area contributed by atoms with E-state index in [9.17, 15) is 4.79 Å². The number of carbonyl (C=O) groups is 1. The molecule has 1 rings (SSSR count). The first-order valence-corrected chi connectivity index (χ1v) is 5.55. The van der Waals surface area contributed by atoms with E-state index < -0.39 is 0 Å². The van der Waals surface area contributed by atoms with Crippen LogP contribution in [0.3, 0.4) is 0 Å². The Morgan fingerprint density at radius 1 is 1.53 bits per heavy atom. The topological polar surface area (TPSA) is 58.6 Å². The number of amides is 1. The monoisotopic (exact) mass is 215 g/mol. The second kappa shape index (κ2) is 5.47. The molecule has 1 atom stereocenters. The van der Waals surface area contributed by atoms with Crippen LogP contribution in [0.5, 0.6) is 0 Å². The van der Waals surface area contributed by atoms with E-state index in [1.807, 2.05) is 13.8 Å². The third-order valence-corrected chi connectivity index (χ3v) is 2.64. The Kier molecular flexibility index (Phi) is 4.54. The molecular formula is C11H21NO3. The van der Waals surface area contributed by atoms with Crippen molar-refractivity contribution in [3.8, 4) is 0 Å². The largest absolute Gasteiger partial charge is 0.396 e. The molecule has 0 bridgehead atoms. The summed E-state index contributed by atoms with van der Waals surface area (Å²) in [5, 5.41) is 11.9. The van der Waals surface area contributed by atoms with Gasteiger partial charge in [0.15, 0.2) is 0 Å². The van der Waals surface area contributed by atoms with E-state index >= 15 is 0 Å². The van der Waals surface area contributed by atoms with E-state index in [-0.39, 0.29) is 24.0 Å². The molecule has 1 fully saturated rings. The van der Waals surface area contributed by atoms with Crippen LogP contribution >= 0.6 is 0 Å². The molecule has 0 aromatic carbocycles. The van der Waals surface area contributed by atoms with Crippen molar-refractivity contribution in [2.24, 2.45) is 5.41 Å². The zero-order valence-corrected chi connectivity index (χ0v) is 9.58.